The number of nitrogens with one attached hydrogen (secondary N) is 2. The van der Waals surface area contributed by atoms with Gasteiger partial charge in [0.15, 0.2) is 5.96 Å². The molecule has 0 saturated heterocycles. The summed E-state index contributed by atoms with van der Waals surface area (Å²) in [5.74, 6) is 1.90. The summed E-state index contributed by atoms with van der Waals surface area (Å²) in [5.41, 5.74) is 1.21. The maximum absolute atomic E-state index is 9.25. The number of rotatable bonds is 13. The quantitative estimate of drug-likeness (QED) is 0.278. The van der Waals surface area contributed by atoms with Crippen LogP contribution < -0.4 is 10.6 Å². The van der Waals surface area contributed by atoms with Crippen LogP contribution in [0.15, 0.2) is 35.3 Å². The first-order valence-electron chi connectivity index (χ1n) is 10.4. The summed E-state index contributed by atoms with van der Waals surface area (Å²) in [5, 5.41) is 15.9. The predicted octanol–water partition coefficient (Wildman–Crippen LogP) is 3.75. The molecule has 0 aliphatic heterocycles. The Morgan fingerprint density at radius 2 is 1.89 bits per heavy atom. The van der Waals surface area contributed by atoms with Crippen LogP contribution in [-0.4, -0.2) is 43.9 Å². The summed E-state index contributed by atoms with van der Waals surface area (Å²) >= 11 is 0. The summed E-state index contributed by atoms with van der Waals surface area (Å²) in [6, 6.07) is 10.3. The van der Waals surface area contributed by atoms with Crippen molar-refractivity contribution in [2.75, 3.05) is 32.8 Å². The molecule has 5 heteroatoms. The van der Waals surface area contributed by atoms with E-state index in [9.17, 15) is 5.11 Å². The second-order valence-electron chi connectivity index (χ2n) is 7.43. The molecule has 154 valence electrons. The molecule has 0 heterocycles. The van der Waals surface area contributed by atoms with E-state index >= 15 is 0 Å². The average molecular weight is 378 g/mol. The lowest BCUT2D eigenvalue weighted by Gasteiger charge is -2.18. The Morgan fingerprint density at radius 3 is 2.52 bits per heavy atom. The molecule has 0 radical (unpaired) electrons. The number of aliphatic imine (C=N–C) groups is 1. The lowest BCUT2D eigenvalue weighted by atomic mass is 9.94. The highest BCUT2D eigenvalue weighted by Crippen LogP contribution is 2.16. The van der Waals surface area contributed by atoms with Gasteiger partial charge in [-0.15, -0.1) is 0 Å². The summed E-state index contributed by atoms with van der Waals surface area (Å²) in [6.45, 7) is 11.9. The van der Waals surface area contributed by atoms with E-state index in [4.69, 9.17) is 9.73 Å². The van der Waals surface area contributed by atoms with Crippen LogP contribution in [0.3, 0.4) is 0 Å². The first-order valence-corrected chi connectivity index (χ1v) is 10.4. The van der Waals surface area contributed by atoms with E-state index < -0.39 is 0 Å². The van der Waals surface area contributed by atoms with Gasteiger partial charge in [0.1, 0.15) is 0 Å². The lowest BCUT2D eigenvalue weighted by Crippen LogP contribution is -2.38. The zero-order chi connectivity index (χ0) is 19.9. The number of hydrogen-bond acceptors (Lipinski definition) is 3. The van der Waals surface area contributed by atoms with E-state index in [1.165, 1.54) is 5.56 Å². The Balaban J connectivity index is 2.34. The monoisotopic (exact) mass is 377 g/mol. The van der Waals surface area contributed by atoms with Gasteiger partial charge in [-0.3, -0.25) is 4.99 Å². The Bertz CT molecular complexity index is 506. The van der Waals surface area contributed by atoms with E-state index in [0.29, 0.717) is 18.4 Å². The van der Waals surface area contributed by atoms with Crippen molar-refractivity contribution in [3.05, 3.63) is 35.9 Å². The largest absolute Gasteiger partial charge is 0.396 e. The second-order valence-corrected chi connectivity index (χ2v) is 7.43. The average Bonchev–Trinajstić information content (AvgIpc) is 2.65. The molecule has 0 fully saturated rings. The first-order chi connectivity index (χ1) is 13.1. The zero-order valence-corrected chi connectivity index (χ0v) is 17.6. The molecule has 0 bridgehead atoms. The van der Waals surface area contributed by atoms with Crippen molar-refractivity contribution in [3.63, 3.8) is 0 Å². The van der Waals surface area contributed by atoms with Gasteiger partial charge in [0.05, 0.1) is 6.10 Å². The third-order valence-corrected chi connectivity index (χ3v) is 4.44. The lowest BCUT2D eigenvalue weighted by molar-refractivity contribution is 0.0646. The molecule has 2 unspecified atom stereocenters. The molecule has 0 aliphatic carbocycles. The predicted molar refractivity (Wildman–Crippen MR) is 114 cm³/mol. The Labute approximate surface area is 165 Å². The van der Waals surface area contributed by atoms with Crippen molar-refractivity contribution in [1.82, 2.24) is 10.6 Å². The molecule has 27 heavy (non-hydrogen) atoms. The van der Waals surface area contributed by atoms with Crippen molar-refractivity contribution in [3.8, 4) is 0 Å². The molecule has 5 nitrogen and oxygen atoms in total. The van der Waals surface area contributed by atoms with Crippen LogP contribution in [0.1, 0.15) is 58.6 Å². The third-order valence-electron chi connectivity index (χ3n) is 4.44. The van der Waals surface area contributed by atoms with Crippen molar-refractivity contribution in [1.29, 1.82) is 0 Å². The number of hydrogen-bond donors (Lipinski definition) is 3. The van der Waals surface area contributed by atoms with Crippen LogP contribution in [0.4, 0.5) is 0 Å². The maximum atomic E-state index is 9.25. The molecular formula is C22H39N3O2. The van der Waals surface area contributed by atoms with Gasteiger partial charge in [0.2, 0.25) is 0 Å². The fraction of sp³-hybridized carbons (Fsp3) is 0.682. The van der Waals surface area contributed by atoms with Crippen molar-refractivity contribution < 1.29 is 9.84 Å². The SMILES string of the molecule is CCNC(=NCC(CCO)CC(C)C)NCCCOC(C)c1ccccc1. The normalized spacial score (nSPS) is 14.2. The fourth-order valence-electron chi connectivity index (χ4n) is 3.05. The van der Waals surface area contributed by atoms with E-state index in [2.05, 4.69) is 50.5 Å². The molecule has 3 N–H and O–H groups in total. The van der Waals surface area contributed by atoms with Gasteiger partial charge in [-0.25, -0.2) is 0 Å². The van der Waals surface area contributed by atoms with Crippen LogP contribution in [0.5, 0.6) is 0 Å². The number of ether oxygens (including phenoxy) is 1. The van der Waals surface area contributed by atoms with Crippen LogP contribution in [0, 0.1) is 11.8 Å². The molecule has 0 aliphatic rings. The summed E-state index contributed by atoms with van der Waals surface area (Å²) < 4.78 is 5.92. The Kier molecular flexibility index (Phi) is 12.6. The van der Waals surface area contributed by atoms with Gasteiger partial charge in [0.25, 0.3) is 0 Å². The number of guanidine groups is 1. The van der Waals surface area contributed by atoms with Crippen molar-refractivity contribution in [2.24, 2.45) is 16.8 Å². The molecule has 2 atom stereocenters. The summed E-state index contributed by atoms with van der Waals surface area (Å²) in [4.78, 5) is 4.71. The van der Waals surface area contributed by atoms with Crippen molar-refractivity contribution in [2.45, 2.75) is 53.1 Å². The van der Waals surface area contributed by atoms with Crippen LogP contribution in [0.25, 0.3) is 0 Å². The highest BCUT2D eigenvalue weighted by molar-refractivity contribution is 5.79. The first kappa shape index (κ1) is 23.4. The molecule has 1 aromatic carbocycles. The number of aliphatic hydroxyl groups excluding tert-OH is 1. The highest BCUT2D eigenvalue weighted by Gasteiger charge is 2.10. The highest BCUT2D eigenvalue weighted by atomic mass is 16.5. The van der Waals surface area contributed by atoms with E-state index in [1.807, 2.05) is 18.2 Å². The van der Waals surface area contributed by atoms with E-state index in [-0.39, 0.29) is 12.7 Å². The fourth-order valence-corrected chi connectivity index (χ4v) is 3.05. The van der Waals surface area contributed by atoms with E-state index in [1.54, 1.807) is 0 Å². The Hall–Kier alpha value is -1.59. The summed E-state index contributed by atoms with van der Waals surface area (Å²) in [7, 11) is 0. The number of nitrogens with zero attached hydrogens (tertiary/aromatic N) is 1. The molecule has 1 aromatic rings. The second kappa shape index (κ2) is 14.5. The van der Waals surface area contributed by atoms with E-state index in [0.717, 1.165) is 44.9 Å². The minimum absolute atomic E-state index is 0.114. The van der Waals surface area contributed by atoms with Gasteiger partial charge >= 0.3 is 0 Å². The van der Waals surface area contributed by atoms with Gasteiger partial charge in [-0.2, -0.15) is 0 Å². The molecule has 0 amide bonds. The zero-order valence-electron chi connectivity index (χ0n) is 17.6. The van der Waals surface area contributed by atoms with Gasteiger partial charge in [0, 0.05) is 32.8 Å². The van der Waals surface area contributed by atoms with Gasteiger partial charge < -0.3 is 20.5 Å². The number of aliphatic hydroxyl groups is 1. The van der Waals surface area contributed by atoms with Crippen LogP contribution in [0.2, 0.25) is 0 Å². The maximum Gasteiger partial charge on any atom is 0.191 e. The van der Waals surface area contributed by atoms with Gasteiger partial charge in [-0.05, 0) is 50.5 Å². The Morgan fingerprint density at radius 1 is 1.15 bits per heavy atom. The molecule has 0 aromatic heterocycles. The topological polar surface area (TPSA) is 65.9 Å². The standard InChI is InChI=1S/C22H39N3O2/c1-5-23-22(25-17-20(12-14-26)16-18(2)3)24-13-9-15-27-19(4)21-10-7-6-8-11-21/h6-8,10-11,18-20,26H,5,9,12-17H2,1-4H3,(H2,23,24,25). The number of benzene rings is 1. The van der Waals surface area contributed by atoms with Crippen LogP contribution in [-0.2, 0) is 4.74 Å². The molecule has 0 spiro atoms. The van der Waals surface area contributed by atoms with Crippen molar-refractivity contribution >= 4 is 5.96 Å². The molecular weight excluding hydrogens is 338 g/mol. The van der Waals surface area contributed by atoms with Gasteiger partial charge in [-0.1, -0.05) is 44.2 Å². The minimum Gasteiger partial charge on any atom is -0.396 e. The minimum atomic E-state index is 0.114. The summed E-state index contributed by atoms with van der Waals surface area (Å²) in [6.07, 6.45) is 2.94. The molecule has 1 rings (SSSR count). The van der Waals surface area contributed by atoms with Crippen LogP contribution >= 0.6 is 0 Å². The third kappa shape index (κ3) is 11.0. The smallest absolute Gasteiger partial charge is 0.191 e. The molecule has 0 saturated carbocycles.